The van der Waals surface area contributed by atoms with Gasteiger partial charge in [-0.1, -0.05) is 42.5 Å². The number of halogens is 1. The summed E-state index contributed by atoms with van der Waals surface area (Å²) in [6.07, 6.45) is 1.54. The van der Waals surface area contributed by atoms with Gasteiger partial charge in [-0.2, -0.15) is 0 Å². The highest BCUT2D eigenvalue weighted by Gasteiger charge is 2.17. The van der Waals surface area contributed by atoms with Crippen molar-refractivity contribution in [3.05, 3.63) is 106 Å². The fourth-order valence-corrected chi connectivity index (χ4v) is 3.98. The highest BCUT2D eigenvalue weighted by atomic mass is 19.1. The Morgan fingerprint density at radius 2 is 1.74 bits per heavy atom. The van der Waals surface area contributed by atoms with Crippen molar-refractivity contribution in [3.8, 4) is 5.75 Å². The summed E-state index contributed by atoms with van der Waals surface area (Å²) in [5.74, 6) is 0.382. The third kappa shape index (κ3) is 3.46. The minimum Gasteiger partial charge on any atom is -0.497 e. The molecule has 5 aromatic rings. The molecule has 6 heteroatoms. The molecule has 0 saturated heterocycles. The van der Waals surface area contributed by atoms with Crippen molar-refractivity contribution in [2.24, 2.45) is 0 Å². The first-order chi connectivity index (χ1) is 15.1. The van der Waals surface area contributed by atoms with E-state index < -0.39 is 0 Å². The van der Waals surface area contributed by atoms with E-state index in [1.807, 2.05) is 59.2 Å². The maximum atomic E-state index is 14.0. The molecular weight excluding hydrogens is 393 g/mol. The zero-order valence-corrected chi connectivity index (χ0v) is 17.0. The van der Waals surface area contributed by atoms with Crippen LogP contribution < -0.4 is 10.3 Å². The monoisotopic (exact) mass is 413 g/mol. The van der Waals surface area contributed by atoms with Gasteiger partial charge in [-0.15, -0.1) is 0 Å². The summed E-state index contributed by atoms with van der Waals surface area (Å²) in [5.41, 5.74) is 3.55. The zero-order chi connectivity index (χ0) is 21.4. The predicted octanol–water partition coefficient (Wildman–Crippen LogP) is 4.60. The van der Waals surface area contributed by atoms with Crippen LogP contribution in [0.15, 0.2) is 83.9 Å². The molecular formula is C25H20FN3O2. The molecule has 0 unspecified atom stereocenters. The number of hydrogen-bond donors (Lipinski definition) is 0. The molecule has 0 N–H and O–H groups in total. The molecule has 0 bridgehead atoms. The van der Waals surface area contributed by atoms with Gasteiger partial charge in [-0.3, -0.25) is 9.36 Å². The molecule has 3 aromatic carbocycles. The SMILES string of the molecule is COc1cccc(Cn2c3ccc(F)cc3c3ncn(Cc4ccccc4)c(=O)c32)c1. The third-order valence-corrected chi connectivity index (χ3v) is 5.46. The summed E-state index contributed by atoms with van der Waals surface area (Å²) in [7, 11) is 1.62. The first-order valence-electron chi connectivity index (χ1n) is 9.98. The van der Waals surface area contributed by atoms with E-state index in [1.54, 1.807) is 17.7 Å². The molecule has 0 spiro atoms. The lowest BCUT2D eigenvalue weighted by atomic mass is 10.2. The molecule has 5 nitrogen and oxygen atoms in total. The van der Waals surface area contributed by atoms with Crippen LogP contribution >= 0.6 is 0 Å². The van der Waals surface area contributed by atoms with Gasteiger partial charge >= 0.3 is 0 Å². The Hall–Kier alpha value is -3.93. The lowest BCUT2D eigenvalue weighted by molar-refractivity contribution is 0.414. The van der Waals surface area contributed by atoms with Crippen LogP contribution in [-0.2, 0) is 13.1 Å². The van der Waals surface area contributed by atoms with Gasteiger partial charge < -0.3 is 9.30 Å². The fourth-order valence-electron chi connectivity index (χ4n) is 3.98. The fraction of sp³-hybridized carbons (Fsp3) is 0.120. The van der Waals surface area contributed by atoms with Crippen LogP contribution in [-0.4, -0.2) is 21.2 Å². The summed E-state index contributed by atoms with van der Waals surface area (Å²) in [6.45, 7) is 0.854. The van der Waals surface area contributed by atoms with E-state index in [1.165, 1.54) is 18.5 Å². The second-order valence-electron chi connectivity index (χ2n) is 7.46. The van der Waals surface area contributed by atoms with Crippen LogP contribution in [0.5, 0.6) is 5.75 Å². The van der Waals surface area contributed by atoms with Crippen molar-refractivity contribution in [1.29, 1.82) is 0 Å². The minimum absolute atomic E-state index is 0.159. The Kier molecular flexibility index (Phi) is 4.75. The molecule has 2 heterocycles. The maximum absolute atomic E-state index is 14.0. The predicted molar refractivity (Wildman–Crippen MR) is 119 cm³/mol. The molecule has 154 valence electrons. The zero-order valence-electron chi connectivity index (χ0n) is 17.0. The van der Waals surface area contributed by atoms with Gasteiger partial charge in [-0.25, -0.2) is 9.37 Å². The van der Waals surface area contributed by atoms with Gasteiger partial charge in [0.2, 0.25) is 0 Å². The topological polar surface area (TPSA) is 49.0 Å². The molecule has 0 aliphatic heterocycles. The van der Waals surface area contributed by atoms with Crippen LogP contribution in [0.2, 0.25) is 0 Å². The van der Waals surface area contributed by atoms with Crippen LogP contribution in [0.3, 0.4) is 0 Å². The lowest BCUT2D eigenvalue weighted by Crippen LogP contribution is -2.23. The Bertz CT molecular complexity index is 1450. The minimum atomic E-state index is -0.358. The van der Waals surface area contributed by atoms with E-state index in [9.17, 15) is 9.18 Å². The maximum Gasteiger partial charge on any atom is 0.278 e. The highest BCUT2D eigenvalue weighted by molar-refractivity contribution is 6.05. The number of benzene rings is 3. The second-order valence-corrected chi connectivity index (χ2v) is 7.46. The number of fused-ring (bicyclic) bond motifs is 3. The smallest absolute Gasteiger partial charge is 0.278 e. The normalized spacial score (nSPS) is 11.3. The van der Waals surface area contributed by atoms with E-state index in [-0.39, 0.29) is 11.4 Å². The number of hydrogen-bond acceptors (Lipinski definition) is 3. The Morgan fingerprint density at radius 1 is 0.935 bits per heavy atom. The summed E-state index contributed by atoms with van der Waals surface area (Å²) in [4.78, 5) is 18.1. The van der Waals surface area contributed by atoms with Crippen LogP contribution in [0.25, 0.3) is 21.9 Å². The van der Waals surface area contributed by atoms with Crippen molar-refractivity contribution in [1.82, 2.24) is 14.1 Å². The van der Waals surface area contributed by atoms with Gasteiger partial charge in [0.15, 0.2) is 0 Å². The Morgan fingerprint density at radius 3 is 2.55 bits per heavy atom. The average Bonchev–Trinajstić information content (AvgIpc) is 3.10. The van der Waals surface area contributed by atoms with E-state index >= 15 is 0 Å². The molecule has 0 aliphatic carbocycles. The van der Waals surface area contributed by atoms with E-state index in [0.717, 1.165) is 22.4 Å². The average molecular weight is 413 g/mol. The molecule has 0 radical (unpaired) electrons. The van der Waals surface area contributed by atoms with E-state index in [4.69, 9.17) is 4.74 Å². The van der Waals surface area contributed by atoms with Gasteiger partial charge in [-0.05, 0) is 41.5 Å². The molecule has 0 saturated carbocycles. The third-order valence-electron chi connectivity index (χ3n) is 5.46. The van der Waals surface area contributed by atoms with Crippen LogP contribution in [0.4, 0.5) is 4.39 Å². The number of rotatable bonds is 5. The quantitative estimate of drug-likeness (QED) is 0.423. The lowest BCUT2D eigenvalue weighted by Gasteiger charge is -2.10. The summed E-state index contributed by atoms with van der Waals surface area (Å²) >= 11 is 0. The standard InChI is InChI=1S/C25H20FN3O2/c1-31-20-9-5-8-18(12-20)15-29-22-11-10-19(26)13-21(22)23-24(29)25(30)28(16-27-23)14-17-6-3-2-4-7-17/h2-13,16H,14-15H2,1H3. The summed E-state index contributed by atoms with van der Waals surface area (Å²) < 4.78 is 22.9. The molecule has 5 rings (SSSR count). The number of methoxy groups -OCH3 is 1. The Labute approximate surface area is 178 Å². The van der Waals surface area contributed by atoms with Crippen LogP contribution in [0, 0.1) is 5.82 Å². The van der Waals surface area contributed by atoms with Crippen molar-refractivity contribution in [3.63, 3.8) is 0 Å². The highest BCUT2D eigenvalue weighted by Crippen LogP contribution is 2.27. The van der Waals surface area contributed by atoms with Crippen molar-refractivity contribution < 1.29 is 9.13 Å². The number of nitrogens with zero attached hydrogens (tertiary/aromatic N) is 3. The Balaban J connectivity index is 1.72. The summed E-state index contributed by atoms with van der Waals surface area (Å²) in [5, 5.41) is 0.627. The van der Waals surface area contributed by atoms with E-state index in [0.29, 0.717) is 29.5 Å². The molecule has 0 fully saturated rings. The van der Waals surface area contributed by atoms with Crippen molar-refractivity contribution in [2.45, 2.75) is 13.1 Å². The number of aromatic nitrogens is 3. The van der Waals surface area contributed by atoms with Crippen molar-refractivity contribution >= 4 is 21.9 Å². The van der Waals surface area contributed by atoms with Gasteiger partial charge in [0.25, 0.3) is 5.56 Å². The first kappa shape index (κ1) is 19.1. The molecule has 0 aliphatic rings. The number of ether oxygens (including phenoxy) is 1. The first-order valence-corrected chi connectivity index (χ1v) is 9.98. The van der Waals surface area contributed by atoms with Crippen LogP contribution in [0.1, 0.15) is 11.1 Å². The molecule has 2 aromatic heterocycles. The van der Waals surface area contributed by atoms with Gasteiger partial charge in [0.1, 0.15) is 22.6 Å². The largest absolute Gasteiger partial charge is 0.497 e. The summed E-state index contributed by atoms with van der Waals surface area (Å²) in [6, 6.07) is 22.0. The van der Waals surface area contributed by atoms with Gasteiger partial charge in [0, 0.05) is 11.9 Å². The van der Waals surface area contributed by atoms with E-state index in [2.05, 4.69) is 4.98 Å². The second kappa shape index (κ2) is 7.72. The molecule has 0 amide bonds. The van der Waals surface area contributed by atoms with Crippen molar-refractivity contribution in [2.75, 3.05) is 7.11 Å². The van der Waals surface area contributed by atoms with Gasteiger partial charge in [0.05, 0.1) is 25.5 Å². The molecule has 0 atom stereocenters. The molecule has 31 heavy (non-hydrogen) atoms.